The lowest BCUT2D eigenvalue weighted by molar-refractivity contribution is 0.266. The second-order valence-electron chi connectivity index (χ2n) is 5.16. The van der Waals surface area contributed by atoms with Crippen molar-refractivity contribution in [1.29, 1.82) is 0 Å². The Hall–Kier alpha value is -1.13. The van der Waals surface area contributed by atoms with E-state index >= 15 is 0 Å². The summed E-state index contributed by atoms with van der Waals surface area (Å²) in [5.74, 6) is -0.192. The summed E-state index contributed by atoms with van der Waals surface area (Å²) < 4.78 is 14.3. The van der Waals surface area contributed by atoms with Crippen molar-refractivity contribution in [1.82, 2.24) is 5.32 Å². The summed E-state index contributed by atoms with van der Waals surface area (Å²) in [5, 5.41) is 12.6. The molecule has 0 aromatic heterocycles. The highest BCUT2D eigenvalue weighted by atomic mass is 19.1. The Kier molecular flexibility index (Phi) is 4.77. The third kappa shape index (κ3) is 3.07. The molecule has 2 unspecified atom stereocenters. The van der Waals surface area contributed by atoms with Crippen LogP contribution in [0.2, 0.25) is 0 Å². The fourth-order valence-electron chi connectivity index (χ4n) is 2.79. The minimum Gasteiger partial charge on any atom is -0.394 e. The average molecular weight is 266 g/mol. The molecule has 2 rings (SSSR count). The summed E-state index contributed by atoms with van der Waals surface area (Å²) in [6.45, 7) is 5.85. The summed E-state index contributed by atoms with van der Waals surface area (Å²) in [6, 6.07) is 5.63. The number of nitrogens with zero attached hydrogens (tertiary/aromatic N) is 1. The van der Waals surface area contributed by atoms with Gasteiger partial charge >= 0.3 is 0 Å². The number of hydrogen-bond acceptors (Lipinski definition) is 3. The summed E-state index contributed by atoms with van der Waals surface area (Å²) in [5.41, 5.74) is 1.58. The highest BCUT2D eigenvalue weighted by molar-refractivity contribution is 5.51. The molecule has 2 atom stereocenters. The minimum absolute atomic E-state index is 0.0616. The van der Waals surface area contributed by atoms with Gasteiger partial charge in [-0.2, -0.15) is 0 Å². The molecule has 1 heterocycles. The number of rotatable bonds is 5. The number of aliphatic hydroxyl groups excluding tert-OH is 1. The normalized spacial score (nSPS) is 20.8. The zero-order valence-corrected chi connectivity index (χ0v) is 11.7. The molecule has 3 nitrogen and oxygen atoms in total. The lowest BCUT2D eigenvalue weighted by Gasteiger charge is -2.26. The van der Waals surface area contributed by atoms with Gasteiger partial charge in [0.15, 0.2) is 0 Å². The van der Waals surface area contributed by atoms with E-state index in [9.17, 15) is 9.50 Å². The predicted octanol–water partition coefficient (Wildman–Crippen LogP) is 2.46. The van der Waals surface area contributed by atoms with Crippen molar-refractivity contribution in [2.75, 3.05) is 24.6 Å². The van der Waals surface area contributed by atoms with E-state index in [4.69, 9.17) is 0 Å². The van der Waals surface area contributed by atoms with Gasteiger partial charge in [-0.15, -0.1) is 0 Å². The Bertz CT molecular complexity index is 425. The van der Waals surface area contributed by atoms with Gasteiger partial charge in [-0.25, -0.2) is 4.39 Å². The zero-order valence-electron chi connectivity index (χ0n) is 11.7. The first-order chi connectivity index (χ1) is 9.17. The van der Waals surface area contributed by atoms with E-state index in [0.29, 0.717) is 5.69 Å². The van der Waals surface area contributed by atoms with Gasteiger partial charge in [0, 0.05) is 12.6 Å². The van der Waals surface area contributed by atoms with Crippen LogP contribution >= 0.6 is 0 Å². The Morgan fingerprint density at radius 2 is 2.32 bits per heavy atom. The molecule has 2 N–H and O–H groups in total. The largest absolute Gasteiger partial charge is 0.394 e. The van der Waals surface area contributed by atoms with Gasteiger partial charge in [0.2, 0.25) is 0 Å². The molecule has 1 aliphatic heterocycles. The number of nitrogens with one attached hydrogen (secondary N) is 1. The maximum Gasteiger partial charge on any atom is 0.146 e. The third-order valence-corrected chi connectivity index (χ3v) is 3.88. The summed E-state index contributed by atoms with van der Waals surface area (Å²) in [6.07, 6.45) is 1.95. The van der Waals surface area contributed by atoms with Crippen LogP contribution in [0.15, 0.2) is 18.2 Å². The molecular formula is C15H23FN2O. The number of halogens is 1. The van der Waals surface area contributed by atoms with Crippen LogP contribution in [0.5, 0.6) is 0 Å². The SMILES string of the molecule is CCNC(C)c1ccc(N2CCCC2CO)c(F)c1. The van der Waals surface area contributed by atoms with E-state index in [1.165, 1.54) is 0 Å². The Morgan fingerprint density at radius 3 is 2.95 bits per heavy atom. The first-order valence-electron chi connectivity index (χ1n) is 7.07. The molecule has 0 aliphatic carbocycles. The highest BCUT2D eigenvalue weighted by Gasteiger charge is 2.26. The monoisotopic (exact) mass is 266 g/mol. The number of benzene rings is 1. The van der Waals surface area contributed by atoms with E-state index in [1.807, 2.05) is 30.9 Å². The maximum absolute atomic E-state index is 14.3. The number of hydrogen-bond donors (Lipinski definition) is 2. The quantitative estimate of drug-likeness (QED) is 0.859. The van der Waals surface area contributed by atoms with Gasteiger partial charge in [-0.3, -0.25) is 0 Å². The zero-order chi connectivity index (χ0) is 13.8. The van der Waals surface area contributed by atoms with Crippen molar-refractivity contribution in [3.05, 3.63) is 29.6 Å². The van der Waals surface area contributed by atoms with Crippen LogP contribution < -0.4 is 10.2 Å². The van der Waals surface area contributed by atoms with Crippen molar-refractivity contribution in [2.45, 2.75) is 38.8 Å². The first-order valence-corrected chi connectivity index (χ1v) is 7.07. The molecule has 4 heteroatoms. The molecule has 0 saturated carbocycles. The third-order valence-electron chi connectivity index (χ3n) is 3.88. The van der Waals surface area contributed by atoms with Crippen LogP contribution in [-0.4, -0.2) is 30.8 Å². The molecule has 106 valence electrons. The topological polar surface area (TPSA) is 35.5 Å². The molecule has 1 aliphatic rings. The number of anilines is 1. The summed E-state index contributed by atoms with van der Waals surface area (Å²) in [4.78, 5) is 1.98. The maximum atomic E-state index is 14.3. The van der Waals surface area contributed by atoms with Crippen LogP contribution in [0.1, 0.15) is 38.3 Å². The van der Waals surface area contributed by atoms with Crippen molar-refractivity contribution in [2.24, 2.45) is 0 Å². The fraction of sp³-hybridized carbons (Fsp3) is 0.600. The van der Waals surface area contributed by atoms with Crippen molar-refractivity contribution >= 4 is 5.69 Å². The second-order valence-corrected chi connectivity index (χ2v) is 5.16. The molecule has 0 radical (unpaired) electrons. The average Bonchev–Trinajstić information content (AvgIpc) is 2.87. The summed E-state index contributed by atoms with van der Waals surface area (Å²) >= 11 is 0. The lowest BCUT2D eigenvalue weighted by Crippen LogP contribution is -2.32. The van der Waals surface area contributed by atoms with Gasteiger partial charge in [0.1, 0.15) is 5.82 Å². The molecule has 0 amide bonds. The molecule has 0 spiro atoms. The van der Waals surface area contributed by atoms with Crippen LogP contribution in [0.25, 0.3) is 0 Å². The van der Waals surface area contributed by atoms with E-state index in [0.717, 1.165) is 31.5 Å². The molecule has 1 saturated heterocycles. The van der Waals surface area contributed by atoms with Gasteiger partial charge < -0.3 is 15.3 Å². The first kappa shape index (κ1) is 14.3. The molecule has 1 aromatic rings. The summed E-state index contributed by atoms with van der Waals surface area (Å²) in [7, 11) is 0. The van der Waals surface area contributed by atoms with Crippen LogP contribution in [0.4, 0.5) is 10.1 Å². The smallest absolute Gasteiger partial charge is 0.146 e. The van der Waals surface area contributed by atoms with Crippen LogP contribution in [-0.2, 0) is 0 Å². The molecule has 1 aromatic carbocycles. The van der Waals surface area contributed by atoms with Gasteiger partial charge in [0.05, 0.1) is 18.3 Å². The lowest BCUT2D eigenvalue weighted by atomic mass is 10.1. The Morgan fingerprint density at radius 1 is 1.53 bits per heavy atom. The van der Waals surface area contributed by atoms with Gasteiger partial charge in [0.25, 0.3) is 0 Å². The molecule has 1 fully saturated rings. The van der Waals surface area contributed by atoms with Crippen molar-refractivity contribution < 1.29 is 9.50 Å². The molecule has 19 heavy (non-hydrogen) atoms. The fourth-order valence-corrected chi connectivity index (χ4v) is 2.79. The highest BCUT2D eigenvalue weighted by Crippen LogP contribution is 2.29. The van der Waals surface area contributed by atoms with E-state index in [1.54, 1.807) is 6.07 Å². The van der Waals surface area contributed by atoms with E-state index < -0.39 is 0 Å². The Labute approximate surface area is 114 Å². The van der Waals surface area contributed by atoms with Crippen molar-refractivity contribution in [3.8, 4) is 0 Å². The van der Waals surface area contributed by atoms with Crippen LogP contribution in [0, 0.1) is 5.82 Å². The molecular weight excluding hydrogens is 243 g/mol. The standard InChI is InChI=1S/C15H23FN2O/c1-3-17-11(2)12-6-7-15(14(16)9-12)18-8-4-5-13(18)10-19/h6-7,9,11,13,17,19H,3-5,8,10H2,1-2H3. The molecule has 0 bridgehead atoms. The van der Waals surface area contributed by atoms with Crippen molar-refractivity contribution in [3.63, 3.8) is 0 Å². The van der Waals surface area contributed by atoms with Gasteiger partial charge in [-0.1, -0.05) is 13.0 Å². The van der Waals surface area contributed by atoms with E-state index in [2.05, 4.69) is 5.32 Å². The van der Waals surface area contributed by atoms with Gasteiger partial charge in [-0.05, 0) is 44.0 Å². The number of aliphatic hydroxyl groups is 1. The van der Waals surface area contributed by atoms with E-state index in [-0.39, 0.29) is 24.5 Å². The Balaban J connectivity index is 2.19. The second kappa shape index (κ2) is 6.35. The minimum atomic E-state index is -0.192. The predicted molar refractivity (Wildman–Crippen MR) is 75.9 cm³/mol. The van der Waals surface area contributed by atoms with Crippen LogP contribution in [0.3, 0.4) is 0 Å².